The number of ketones is 1. The van der Waals surface area contributed by atoms with Gasteiger partial charge >= 0.3 is 0 Å². The van der Waals surface area contributed by atoms with Crippen molar-refractivity contribution < 1.29 is 22.7 Å². The van der Waals surface area contributed by atoms with Crippen molar-refractivity contribution in [2.45, 2.75) is 37.9 Å². The van der Waals surface area contributed by atoms with Gasteiger partial charge in [-0.2, -0.15) is 4.31 Å². The highest BCUT2D eigenvalue weighted by Crippen LogP contribution is 2.22. The molecule has 154 valence electrons. The second kappa shape index (κ2) is 8.44. The molecule has 7 nitrogen and oxygen atoms in total. The fraction of sp³-hybridized carbons (Fsp3) is 0.333. The second-order valence-electron chi connectivity index (χ2n) is 7.20. The molecule has 0 spiro atoms. The average Bonchev–Trinajstić information content (AvgIpc) is 2.67. The molecule has 0 bridgehead atoms. The van der Waals surface area contributed by atoms with Crippen LogP contribution in [-0.2, 0) is 14.8 Å². The van der Waals surface area contributed by atoms with E-state index in [-0.39, 0.29) is 41.5 Å². The zero-order valence-electron chi connectivity index (χ0n) is 16.6. The summed E-state index contributed by atoms with van der Waals surface area (Å²) in [6, 6.07) is 12.5. The molecular formula is C21H24N2O5S. The molecule has 2 aromatic rings. The van der Waals surface area contributed by atoms with E-state index in [1.165, 1.54) is 23.4 Å². The molecule has 1 fully saturated rings. The maximum atomic E-state index is 13.0. The zero-order valence-corrected chi connectivity index (χ0v) is 17.4. The molecule has 3 rings (SSSR count). The van der Waals surface area contributed by atoms with Gasteiger partial charge in [-0.1, -0.05) is 18.2 Å². The number of hydrogen-bond acceptors (Lipinski definition) is 5. The second-order valence-corrected chi connectivity index (χ2v) is 9.14. The molecule has 2 atom stereocenters. The summed E-state index contributed by atoms with van der Waals surface area (Å²) in [5.74, 6) is -0.561. The van der Waals surface area contributed by atoms with Gasteiger partial charge in [0.2, 0.25) is 10.0 Å². The largest absolute Gasteiger partial charge is 0.373 e. The van der Waals surface area contributed by atoms with E-state index in [9.17, 15) is 18.0 Å². The summed E-state index contributed by atoms with van der Waals surface area (Å²) in [5, 5.41) is 2.71. The van der Waals surface area contributed by atoms with Crippen molar-refractivity contribution in [3.05, 3.63) is 59.7 Å². The van der Waals surface area contributed by atoms with Gasteiger partial charge in [-0.05, 0) is 51.1 Å². The number of hydrogen-bond donors (Lipinski definition) is 1. The lowest BCUT2D eigenvalue weighted by Gasteiger charge is -2.34. The molecule has 1 amide bonds. The highest BCUT2D eigenvalue weighted by atomic mass is 32.2. The maximum Gasteiger partial charge on any atom is 0.255 e. The highest BCUT2D eigenvalue weighted by Gasteiger charge is 2.32. The zero-order chi connectivity index (χ0) is 21.2. The first-order chi connectivity index (χ1) is 13.7. The lowest BCUT2D eigenvalue weighted by atomic mass is 10.1. The Hall–Kier alpha value is -2.55. The summed E-state index contributed by atoms with van der Waals surface area (Å²) >= 11 is 0. The maximum absolute atomic E-state index is 13.0. The van der Waals surface area contributed by atoms with Gasteiger partial charge in [-0.3, -0.25) is 9.59 Å². The van der Waals surface area contributed by atoms with Crippen molar-refractivity contribution in [2.24, 2.45) is 0 Å². The predicted molar refractivity (Wildman–Crippen MR) is 110 cm³/mol. The molecular weight excluding hydrogens is 392 g/mol. The minimum absolute atomic E-state index is 0.0592. The fourth-order valence-corrected chi connectivity index (χ4v) is 4.93. The molecule has 1 aliphatic heterocycles. The van der Waals surface area contributed by atoms with Crippen LogP contribution in [-0.4, -0.2) is 49.7 Å². The number of nitrogens with zero attached hydrogens (tertiary/aromatic N) is 1. The van der Waals surface area contributed by atoms with E-state index in [1.807, 2.05) is 13.8 Å². The third kappa shape index (κ3) is 4.90. The number of sulfonamides is 1. The van der Waals surface area contributed by atoms with Crippen molar-refractivity contribution >= 4 is 27.4 Å². The minimum atomic E-state index is -3.75. The van der Waals surface area contributed by atoms with Crippen molar-refractivity contribution in [3.8, 4) is 0 Å². The van der Waals surface area contributed by atoms with Crippen LogP contribution in [0.1, 0.15) is 41.5 Å². The predicted octanol–water partition coefficient (Wildman–Crippen LogP) is 2.94. The Morgan fingerprint density at radius 1 is 1.00 bits per heavy atom. The first-order valence-electron chi connectivity index (χ1n) is 9.35. The number of ether oxygens (including phenoxy) is 1. The van der Waals surface area contributed by atoms with Gasteiger partial charge in [-0.25, -0.2) is 8.42 Å². The quantitative estimate of drug-likeness (QED) is 0.757. The molecule has 1 N–H and O–H groups in total. The highest BCUT2D eigenvalue weighted by molar-refractivity contribution is 7.89. The first kappa shape index (κ1) is 21.2. The van der Waals surface area contributed by atoms with E-state index in [0.29, 0.717) is 11.3 Å². The van der Waals surface area contributed by atoms with Crippen LogP contribution in [0.15, 0.2) is 53.4 Å². The van der Waals surface area contributed by atoms with Crippen LogP contribution in [0.3, 0.4) is 0 Å². The number of carbonyl (C=O) groups excluding carboxylic acids is 2. The molecule has 1 heterocycles. The van der Waals surface area contributed by atoms with Gasteiger partial charge in [0.05, 0.1) is 17.1 Å². The van der Waals surface area contributed by atoms with Gasteiger partial charge in [0, 0.05) is 29.9 Å². The smallest absolute Gasteiger partial charge is 0.255 e. The van der Waals surface area contributed by atoms with Crippen molar-refractivity contribution in [1.82, 2.24) is 4.31 Å². The summed E-state index contributed by atoms with van der Waals surface area (Å²) in [7, 11) is -3.75. The number of anilines is 1. The summed E-state index contributed by atoms with van der Waals surface area (Å²) in [6.07, 6.45) is -0.401. The standard InChI is InChI=1S/C21H24N2O5S/c1-14-12-23(13-15(2)28-14)29(26,27)20-9-5-7-18(11-20)21(25)22-19-8-4-6-17(10-19)16(3)24/h4-11,14-15H,12-13H2,1-3H3,(H,22,25)/t14-,15-/m1/s1. The van der Waals surface area contributed by atoms with Crippen molar-refractivity contribution in [2.75, 3.05) is 18.4 Å². The van der Waals surface area contributed by atoms with Crippen LogP contribution in [0.5, 0.6) is 0 Å². The number of nitrogens with one attached hydrogen (secondary N) is 1. The minimum Gasteiger partial charge on any atom is -0.373 e. The number of morpholine rings is 1. The number of carbonyl (C=O) groups is 2. The van der Waals surface area contributed by atoms with E-state index in [0.717, 1.165) is 0 Å². The molecule has 0 saturated carbocycles. The van der Waals surface area contributed by atoms with E-state index >= 15 is 0 Å². The van der Waals surface area contributed by atoms with Crippen LogP contribution in [0, 0.1) is 0 Å². The Morgan fingerprint density at radius 2 is 1.62 bits per heavy atom. The van der Waals surface area contributed by atoms with Gasteiger partial charge in [0.25, 0.3) is 5.91 Å². The van der Waals surface area contributed by atoms with Gasteiger partial charge < -0.3 is 10.1 Å². The molecule has 0 aliphatic carbocycles. The third-order valence-electron chi connectivity index (χ3n) is 4.65. The van der Waals surface area contributed by atoms with Crippen LogP contribution in [0.2, 0.25) is 0 Å². The number of rotatable bonds is 5. The molecule has 29 heavy (non-hydrogen) atoms. The Balaban J connectivity index is 1.82. The number of Topliss-reactive ketones (excluding diaryl/α,β-unsaturated/α-hetero) is 1. The van der Waals surface area contributed by atoms with Crippen molar-refractivity contribution in [1.29, 1.82) is 0 Å². The fourth-order valence-electron chi connectivity index (χ4n) is 3.29. The van der Waals surface area contributed by atoms with Crippen LogP contribution in [0.4, 0.5) is 5.69 Å². The molecule has 0 aromatic heterocycles. The Labute approximate surface area is 170 Å². The number of benzene rings is 2. The topological polar surface area (TPSA) is 92.8 Å². The Bertz CT molecular complexity index is 1020. The SMILES string of the molecule is CC(=O)c1cccc(NC(=O)c2cccc(S(=O)(=O)N3C[C@@H](C)O[C@H](C)C3)c2)c1. The average molecular weight is 416 g/mol. The summed E-state index contributed by atoms with van der Waals surface area (Å²) in [5.41, 5.74) is 1.16. The number of amides is 1. The monoisotopic (exact) mass is 416 g/mol. The summed E-state index contributed by atoms with van der Waals surface area (Å²) < 4.78 is 33.1. The van der Waals surface area contributed by atoms with E-state index in [1.54, 1.807) is 36.4 Å². The molecule has 0 radical (unpaired) electrons. The third-order valence-corrected chi connectivity index (χ3v) is 6.47. The van der Waals surface area contributed by atoms with Gasteiger partial charge in [0.15, 0.2) is 5.78 Å². The summed E-state index contributed by atoms with van der Waals surface area (Å²) in [6.45, 7) is 5.64. The van der Waals surface area contributed by atoms with Crippen LogP contribution < -0.4 is 5.32 Å². The van der Waals surface area contributed by atoms with E-state index in [4.69, 9.17) is 4.74 Å². The Kier molecular flexibility index (Phi) is 6.16. The summed E-state index contributed by atoms with van der Waals surface area (Å²) in [4.78, 5) is 24.2. The molecule has 1 aliphatic rings. The Morgan fingerprint density at radius 3 is 2.28 bits per heavy atom. The lowest BCUT2D eigenvalue weighted by Crippen LogP contribution is -2.48. The van der Waals surface area contributed by atoms with E-state index in [2.05, 4.69) is 5.32 Å². The molecule has 2 aromatic carbocycles. The molecule has 8 heteroatoms. The van der Waals surface area contributed by atoms with E-state index < -0.39 is 15.9 Å². The van der Waals surface area contributed by atoms with Crippen LogP contribution >= 0.6 is 0 Å². The van der Waals surface area contributed by atoms with Crippen LogP contribution in [0.25, 0.3) is 0 Å². The molecule has 1 saturated heterocycles. The lowest BCUT2D eigenvalue weighted by molar-refractivity contribution is -0.0440. The molecule has 0 unspecified atom stereocenters. The normalized spacial score (nSPS) is 20.2. The van der Waals surface area contributed by atoms with Gasteiger partial charge in [-0.15, -0.1) is 0 Å². The first-order valence-corrected chi connectivity index (χ1v) is 10.8. The van der Waals surface area contributed by atoms with Gasteiger partial charge in [0.1, 0.15) is 0 Å². The van der Waals surface area contributed by atoms with Crippen molar-refractivity contribution in [3.63, 3.8) is 0 Å².